The molecule has 0 N–H and O–H groups in total. The van der Waals surface area contributed by atoms with Gasteiger partial charge in [0.1, 0.15) is 20.4 Å². The van der Waals surface area contributed by atoms with Crippen LogP contribution < -0.4 is 0 Å². The highest BCUT2D eigenvalue weighted by Crippen LogP contribution is 2.43. The van der Waals surface area contributed by atoms with Gasteiger partial charge in [-0.25, -0.2) is 0 Å². The molecule has 0 aromatic carbocycles. The summed E-state index contributed by atoms with van der Waals surface area (Å²) >= 11 is 0. The van der Waals surface area contributed by atoms with Gasteiger partial charge in [0.15, 0.2) is 0 Å². The Balaban J connectivity index is 2.29. The summed E-state index contributed by atoms with van der Waals surface area (Å²) < 4.78 is 62.1. The smallest absolute Gasteiger partial charge is 0.168 e. The average Bonchev–Trinajstić information content (AvgIpc) is 2.88. The molecule has 2 fully saturated rings. The second-order valence-corrected chi connectivity index (χ2v) is 10.9. The molecular weight excluding hydrogens is 285 g/mol. The Kier molecular flexibility index (Phi) is 4.21. The highest BCUT2D eigenvalue weighted by atomic mass is 33.2. The van der Waals surface area contributed by atoms with Crippen LogP contribution in [0.5, 0.6) is 0 Å². The minimum atomic E-state index is -5.08. The van der Waals surface area contributed by atoms with Crippen LogP contribution in [0.4, 0.5) is 13.2 Å². The van der Waals surface area contributed by atoms with E-state index >= 15 is 0 Å². The van der Waals surface area contributed by atoms with E-state index in [2.05, 4.69) is 0 Å². The fraction of sp³-hybridized carbons (Fsp3) is 1.00. The summed E-state index contributed by atoms with van der Waals surface area (Å²) in [6, 6.07) is 0. The van der Waals surface area contributed by atoms with Crippen LogP contribution in [-0.2, 0) is 18.8 Å². The van der Waals surface area contributed by atoms with E-state index in [1.807, 2.05) is 0 Å². The predicted octanol–water partition coefficient (Wildman–Crippen LogP) is 3.34. The molecule has 0 aromatic heterocycles. The first kappa shape index (κ1) is 14.5. The normalized spacial score (nSPS) is 24.2. The Labute approximate surface area is 108 Å². The summed E-state index contributed by atoms with van der Waals surface area (Å²) in [5, 5.41) is -0.501. The van der Waals surface area contributed by atoms with Gasteiger partial charge in [0.05, 0.1) is 0 Å². The molecule has 0 atom stereocenters. The third-order valence-electron chi connectivity index (χ3n) is 3.80. The van der Waals surface area contributed by atoms with Crippen molar-refractivity contribution in [1.82, 2.24) is 0 Å². The molecule has 0 aromatic rings. The standard InChI is InChI=1S/C11H18F3O2S2/c12-11(13,14)18(15,16)17(9-5-1-2-6-9)10-7-3-4-8-10/h9-10H,1-8H2/q+1. The van der Waals surface area contributed by atoms with E-state index in [0.29, 0.717) is 25.7 Å². The van der Waals surface area contributed by atoms with Gasteiger partial charge < -0.3 is 0 Å². The zero-order chi connectivity index (χ0) is 13.4. The third-order valence-corrected chi connectivity index (χ3v) is 10.8. The molecule has 18 heavy (non-hydrogen) atoms. The Morgan fingerprint density at radius 3 is 1.44 bits per heavy atom. The fourth-order valence-corrected chi connectivity index (χ4v) is 10.0. The lowest BCUT2D eigenvalue weighted by Gasteiger charge is -2.20. The van der Waals surface area contributed by atoms with E-state index in [1.165, 1.54) is 0 Å². The molecule has 2 saturated carbocycles. The van der Waals surface area contributed by atoms with E-state index < -0.39 is 24.3 Å². The lowest BCUT2D eigenvalue weighted by Crippen LogP contribution is -2.42. The van der Waals surface area contributed by atoms with E-state index in [0.717, 1.165) is 25.7 Å². The molecule has 0 bridgehead atoms. The van der Waals surface area contributed by atoms with Crippen molar-refractivity contribution in [2.75, 3.05) is 0 Å². The first-order valence-electron chi connectivity index (χ1n) is 6.38. The van der Waals surface area contributed by atoms with Crippen molar-refractivity contribution in [3.63, 3.8) is 0 Å². The molecule has 0 heterocycles. The first-order chi connectivity index (χ1) is 8.34. The topological polar surface area (TPSA) is 34.1 Å². The van der Waals surface area contributed by atoms with E-state index in [-0.39, 0.29) is 10.5 Å². The van der Waals surface area contributed by atoms with Crippen LogP contribution in [0.1, 0.15) is 51.4 Å². The second-order valence-electron chi connectivity index (χ2n) is 5.04. The van der Waals surface area contributed by atoms with Crippen LogP contribution in [0.2, 0.25) is 0 Å². The molecule has 7 heteroatoms. The fourth-order valence-electron chi connectivity index (χ4n) is 2.98. The summed E-state index contributed by atoms with van der Waals surface area (Å²) in [6.45, 7) is 0. The van der Waals surface area contributed by atoms with Crippen LogP contribution in [0.15, 0.2) is 0 Å². The van der Waals surface area contributed by atoms with Crippen molar-refractivity contribution >= 4 is 18.8 Å². The zero-order valence-electron chi connectivity index (χ0n) is 10.1. The summed E-state index contributed by atoms with van der Waals surface area (Å²) in [4.78, 5) is 0. The molecule has 2 nitrogen and oxygen atoms in total. The Morgan fingerprint density at radius 1 is 0.833 bits per heavy atom. The summed E-state index contributed by atoms with van der Waals surface area (Å²) in [5.41, 5.74) is -5.08. The number of alkyl halides is 3. The zero-order valence-corrected chi connectivity index (χ0v) is 11.7. The molecule has 0 unspecified atom stereocenters. The largest absolute Gasteiger partial charge is 0.543 e. The SMILES string of the molecule is O=S(=O)([S+](C1CCCC1)C1CCCC1)C(F)(F)F. The van der Waals surface area contributed by atoms with Crippen molar-refractivity contribution in [3.05, 3.63) is 0 Å². The van der Waals surface area contributed by atoms with Gasteiger partial charge in [0.2, 0.25) is 0 Å². The first-order valence-corrected chi connectivity index (χ1v) is 9.73. The number of rotatable bonds is 3. The molecule has 0 aliphatic heterocycles. The molecule has 2 aliphatic carbocycles. The monoisotopic (exact) mass is 303 g/mol. The van der Waals surface area contributed by atoms with Crippen LogP contribution in [0.3, 0.4) is 0 Å². The molecule has 106 valence electrons. The van der Waals surface area contributed by atoms with Crippen LogP contribution in [0, 0.1) is 0 Å². The third kappa shape index (κ3) is 2.66. The molecule has 0 radical (unpaired) electrons. The predicted molar refractivity (Wildman–Crippen MR) is 66.9 cm³/mol. The highest BCUT2D eigenvalue weighted by Gasteiger charge is 2.63. The maximum atomic E-state index is 12.8. The van der Waals surface area contributed by atoms with Crippen LogP contribution >= 0.6 is 0 Å². The van der Waals surface area contributed by atoms with Gasteiger partial charge in [-0.2, -0.15) is 21.6 Å². The maximum absolute atomic E-state index is 12.8. The van der Waals surface area contributed by atoms with Crippen molar-refractivity contribution in [3.8, 4) is 0 Å². The molecule has 2 aliphatic rings. The molecule has 0 saturated heterocycles. The summed E-state index contributed by atoms with van der Waals surface area (Å²) in [6.07, 6.45) is 6.07. The molecular formula is C11H18F3O2S2+. The maximum Gasteiger partial charge on any atom is 0.543 e. The van der Waals surface area contributed by atoms with Gasteiger partial charge in [-0.05, 0) is 51.4 Å². The van der Waals surface area contributed by atoms with Crippen LogP contribution in [-0.4, -0.2) is 24.4 Å². The van der Waals surface area contributed by atoms with Gasteiger partial charge in [0.25, 0.3) is 0 Å². The lowest BCUT2D eigenvalue weighted by atomic mass is 10.4. The van der Waals surface area contributed by atoms with Crippen molar-refractivity contribution < 1.29 is 21.6 Å². The summed E-state index contributed by atoms with van der Waals surface area (Å²) in [7, 11) is -6.49. The van der Waals surface area contributed by atoms with E-state index in [4.69, 9.17) is 0 Å². The minimum absolute atomic E-state index is 0.250. The quantitative estimate of drug-likeness (QED) is 0.592. The Morgan fingerprint density at radius 2 is 1.17 bits per heavy atom. The second kappa shape index (κ2) is 5.23. The van der Waals surface area contributed by atoms with Crippen molar-refractivity contribution in [2.24, 2.45) is 0 Å². The van der Waals surface area contributed by atoms with Gasteiger partial charge >= 0.3 is 14.4 Å². The molecule has 0 amide bonds. The Bertz CT molecular complexity index is 364. The number of hydrogen-bond acceptors (Lipinski definition) is 2. The van der Waals surface area contributed by atoms with Crippen LogP contribution in [0.25, 0.3) is 0 Å². The molecule has 0 spiro atoms. The average molecular weight is 303 g/mol. The highest BCUT2D eigenvalue weighted by molar-refractivity contribution is 8.70. The van der Waals surface area contributed by atoms with E-state index in [1.54, 1.807) is 0 Å². The van der Waals surface area contributed by atoms with Gasteiger partial charge in [0, 0.05) is 0 Å². The van der Waals surface area contributed by atoms with Gasteiger partial charge in [-0.3, -0.25) is 0 Å². The van der Waals surface area contributed by atoms with Crippen molar-refractivity contribution in [2.45, 2.75) is 67.4 Å². The van der Waals surface area contributed by atoms with Crippen molar-refractivity contribution in [1.29, 1.82) is 0 Å². The number of hydrogen-bond donors (Lipinski definition) is 0. The minimum Gasteiger partial charge on any atom is -0.168 e. The Hall–Kier alpha value is 0.0900. The van der Waals surface area contributed by atoms with E-state index in [9.17, 15) is 21.6 Å². The molecule has 2 rings (SSSR count). The van der Waals surface area contributed by atoms with Gasteiger partial charge in [-0.15, -0.1) is 0 Å². The summed E-state index contributed by atoms with van der Waals surface area (Å²) in [5.74, 6) is 0. The number of halogens is 3. The van der Waals surface area contributed by atoms with Gasteiger partial charge in [-0.1, -0.05) is 0 Å². The lowest BCUT2D eigenvalue weighted by molar-refractivity contribution is -0.0411.